The van der Waals surface area contributed by atoms with Gasteiger partial charge in [0.2, 0.25) is 0 Å². The van der Waals surface area contributed by atoms with Gasteiger partial charge in [0.05, 0.1) is 0 Å². The lowest BCUT2D eigenvalue weighted by molar-refractivity contribution is -0.141. The number of rotatable bonds is 1. The van der Waals surface area contributed by atoms with Crippen LogP contribution in [-0.2, 0) is 4.79 Å². The van der Waals surface area contributed by atoms with E-state index in [4.69, 9.17) is 5.11 Å². The molecule has 1 saturated heterocycles. The van der Waals surface area contributed by atoms with Crippen LogP contribution in [-0.4, -0.2) is 23.7 Å². The van der Waals surface area contributed by atoms with Crippen molar-refractivity contribution in [3.63, 3.8) is 0 Å². The van der Waals surface area contributed by atoms with Crippen molar-refractivity contribution >= 4 is 18.4 Å². The van der Waals surface area contributed by atoms with Gasteiger partial charge < -0.3 is 10.4 Å². The number of hydrogen-bond acceptors (Lipinski definition) is 2. The van der Waals surface area contributed by atoms with E-state index in [1.165, 1.54) is 25.7 Å². The van der Waals surface area contributed by atoms with Crippen molar-refractivity contribution in [1.82, 2.24) is 5.32 Å². The van der Waals surface area contributed by atoms with Gasteiger partial charge in [-0.1, -0.05) is 19.3 Å². The van der Waals surface area contributed by atoms with Crippen molar-refractivity contribution < 1.29 is 9.90 Å². The van der Waals surface area contributed by atoms with E-state index in [0.717, 1.165) is 18.9 Å². The first-order valence-corrected chi connectivity index (χ1v) is 5.23. The van der Waals surface area contributed by atoms with Gasteiger partial charge in [-0.2, -0.15) is 0 Å². The van der Waals surface area contributed by atoms with Gasteiger partial charge in [0.15, 0.2) is 0 Å². The van der Waals surface area contributed by atoms with Crippen molar-refractivity contribution in [3.05, 3.63) is 0 Å². The number of piperidine rings is 1. The van der Waals surface area contributed by atoms with E-state index >= 15 is 0 Å². The smallest absolute Gasteiger partial charge is 0.320 e. The summed E-state index contributed by atoms with van der Waals surface area (Å²) in [6, 6.07) is -0.278. The summed E-state index contributed by atoms with van der Waals surface area (Å²) < 4.78 is 0. The van der Waals surface area contributed by atoms with Gasteiger partial charge in [-0.3, -0.25) is 4.79 Å². The second-order valence-electron chi connectivity index (χ2n) is 4.34. The van der Waals surface area contributed by atoms with Gasteiger partial charge >= 0.3 is 5.97 Å². The second kappa shape index (κ2) is 4.99. The van der Waals surface area contributed by atoms with Crippen molar-refractivity contribution in [1.29, 1.82) is 0 Å². The highest BCUT2D eigenvalue weighted by molar-refractivity contribution is 5.85. The Morgan fingerprint density at radius 2 is 1.86 bits per heavy atom. The molecule has 1 heterocycles. The van der Waals surface area contributed by atoms with Gasteiger partial charge in [0.1, 0.15) is 6.04 Å². The number of carboxylic acids is 1. The molecule has 0 aromatic rings. The Morgan fingerprint density at radius 1 is 1.21 bits per heavy atom. The summed E-state index contributed by atoms with van der Waals surface area (Å²) in [6.07, 6.45) is 6.02. The third kappa shape index (κ3) is 2.39. The first-order valence-electron chi connectivity index (χ1n) is 5.23. The Kier molecular flexibility index (Phi) is 4.20. The molecule has 0 amide bonds. The van der Waals surface area contributed by atoms with Crippen LogP contribution in [0, 0.1) is 11.8 Å². The minimum atomic E-state index is -0.677. The molecule has 2 rings (SSSR count). The van der Waals surface area contributed by atoms with Crippen LogP contribution in [0.1, 0.15) is 32.1 Å². The molecule has 0 aromatic heterocycles. The maximum Gasteiger partial charge on any atom is 0.320 e. The van der Waals surface area contributed by atoms with Gasteiger partial charge in [-0.05, 0) is 31.2 Å². The third-order valence-electron chi connectivity index (χ3n) is 3.53. The van der Waals surface area contributed by atoms with E-state index in [-0.39, 0.29) is 18.4 Å². The van der Waals surface area contributed by atoms with Crippen LogP contribution in [0.5, 0.6) is 0 Å². The number of fused-ring (bicyclic) bond motifs is 1. The zero-order valence-electron chi connectivity index (χ0n) is 8.24. The number of carbonyl (C=O) groups is 1. The Bertz CT molecular complexity index is 210. The molecule has 0 radical (unpaired) electrons. The van der Waals surface area contributed by atoms with Crippen LogP contribution >= 0.6 is 12.4 Å². The third-order valence-corrected chi connectivity index (χ3v) is 3.53. The van der Waals surface area contributed by atoms with Crippen LogP contribution in [0.4, 0.5) is 0 Å². The minimum Gasteiger partial charge on any atom is -0.480 e. The highest BCUT2D eigenvalue weighted by Crippen LogP contribution is 2.35. The Morgan fingerprint density at radius 3 is 2.50 bits per heavy atom. The molecule has 3 atom stereocenters. The van der Waals surface area contributed by atoms with Crippen molar-refractivity contribution in [2.75, 3.05) is 6.54 Å². The number of aliphatic carboxylic acids is 1. The second-order valence-corrected chi connectivity index (χ2v) is 4.34. The van der Waals surface area contributed by atoms with E-state index in [1.807, 2.05) is 0 Å². The molecule has 1 aliphatic carbocycles. The first-order chi connectivity index (χ1) is 6.27. The quantitative estimate of drug-likeness (QED) is 0.705. The minimum absolute atomic E-state index is 0. The molecule has 1 aliphatic heterocycles. The number of nitrogens with one attached hydrogen (secondary N) is 1. The standard InChI is InChI=1S/C10H17NO2.ClH/c12-10(13)9-5-7-3-1-2-4-8(7)6-11-9;/h7-9,11H,1-6H2,(H,12,13);1H/t7?,8?,9-;/m0./s1. The van der Waals surface area contributed by atoms with Gasteiger partial charge in [-0.15, -0.1) is 12.4 Å². The van der Waals surface area contributed by atoms with Gasteiger partial charge in [0, 0.05) is 0 Å². The summed E-state index contributed by atoms with van der Waals surface area (Å²) >= 11 is 0. The van der Waals surface area contributed by atoms with Crippen molar-refractivity contribution in [3.8, 4) is 0 Å². The Balaban J connectivity index is 0.000000980. The predicted molar refractivity (Wildman–Crippen MR) is 56.7 cm³/mol. The molecule has 82 valence electrons. The molecule has 2 fully saturated rings. The predicted octanol–water partition coefficient (Wildman–Crippen LogP) is 1.66. The lowest BCUT2D eigenvalue weighted by Gasteiger charge is -2.38. The molecule has 2 N–H and O–H groups in total. The summed E-state index contributed by atoms with van der Waals surface area (Å²) in [5.74, 6) is 0.754. The maximum absolute atomic E-state index is 10.8. The highest BCUT2D eigenvalue weighted by atomic mass is 35.5. The topological polar surface area (TPSA) is 49.3 Å². The fraction of sp³-hybridized carbons (Fsp3) is 0.900. The molecule has 14 heavy (non-hydrogen) atoms. The van der Waals surface area contributed by atoms with E-state index < -0.39 is 5.97 Å². The molecular formula is C10H18ClNO2. The summed E-state index contributed by atoms with van der Waals surface area (Å²) in [6.45, 7) is 0.918. The number of hydrogen-bond donors (Lipinski definition) is 2. The zero-order valence-corrected chi connectivity index (χ0v) is 9.05. The van der Waals surface area contributed by atoms with Crippen molar-refractivity contribution in [2.45, 2.75) is 38.1 Å². The van der Waals surface area contributed by atoms with Crippen LogP contribution in [0.3, 0.4) is 0 Å². The SMILES string of the molecule is Cl.O=C(O)[C@@H]1CC2CCCCC2CN1. The number of halogens is 1. The monoisotopic (exact) mass is 219 g/mol. The van der Waals surface area contributed by atoms with Crippen LogP contribution in [0.25, 0.3) is 0 Å². The van der Waals surface area contributed by atoms with E-state index in [9.17, 15) is 4.79 Å². The van der Waals surface area contributed by atoms with E-state index in [2.05, 4.69) is 5.32 Å². The Labute approximate surface area is 90.7 Å². The molecule has 0 aromatic carbocycles. The fourth-order valence-corrected chi connectivity index (χ4v) is 2.73. The summed E-state index contributed by atoms with van der Waals surface area (Å²) in [7, 11) is 0. The molecule has 2 unspecified atom stereocenters. The van der Waals surface area contributed by atoms with Crippen molar-refractivity contribution in [2.24, 2.45) is 11.8 Å². The molecule has 0 bridgehead atoms. The fourth-order valence-electron chi connectivity index (χ4n) is 2.73. The lowest BCUT2D eigenvalue weighted by atomic mass is 9.74. The van der Waals surface area contributed by atoms with Gasteiger partial charge in [-0.25, -0.2) is 0 Å². The highest BCUT2D eigenvalue weighted by Gasteiger charge is 2.34. The van der Waals surface area contributed by atoms with Crippen LogP contribution in [0.15, 0.2) is 0 Å². The molecule has 1 saturated carbocycles. The summed E-state index contributed by atoms with van der Waals surface area (Å²) in [5, 5.41) is 12.0. The average Bonchev–Trinajstić information content (AvgIpc) is 2.17. The van der Waals surface area contributed by atoms with E-state index in [0.29, 0.717) is 5.92 Å². The Hall–Kier alpha value is -0.280. The maximum atomic E-state index is 10.8. The largest absolute Gasteiger partial charge is 0.480 e. The van der Waals surface area contributed by atoms with Gasteiger partial charge in [0.25, 0.3) is 0 Å². The molecule has 3 nitrogen and oxygen atoms in total. The summed E-state index contributed by atoms with van der Waals surface area (Å²) in [5.41, 5.74) is 0. The average molecular weight is 220 g/mol. The zero-order chi connectivity index (χ0) is 9.26. The molecule has 4 heteroatoms. The lowest BCUT2D eigenvalue weighted by Crippen LogP contribution is -2.48. The number of carboxylic acid groups (broad SMARTS) is 1. The summed E-state index contributed by atoms with van der Waals surface area (Å²) in [4.78, 5) is 10.8. The first kappa shape index (κ1) is 11.8. The van der Waals surface area contributed by atoms with Crippen LogP contribution < -0.4 is 5.32 Å². The normalized spacial score (nSPS) is 36.7. The molecular weight excluding hydrogens is 202 g/mol. The van der Waals surface area contributed by atoms with E-state index in [1.54, 1.807) is 0 Å². The van der Waals surface area contributed by atoms with Crippen LogP contribution in [0.2, 0.25) is 0 Å². The molecule has 2 aliphatic rings. The molecule has 0 spiro atoms.